The predicted octanol–water partition coefficient (Wildman–Crippen LogP) is 1.11. The lowest BCUT2D eigenvalue weighted by molar-refractivity contribution is -0.121. The van der Waals surface area contributed by atoms with Crippen LogP contribution in [0.15, 0.2) is 0 Å². The number of ether oxygens (including phenoxy) is 1. The summed E-state index contributed by atoms with van der Waals surface area (Å²) in [5.74, 6) is -0.0131. The van der Waals surface area contributed by atoms with Gasteiger partial charge in [0.05, 0.1) is 6.54 Å². The molecule has 0 unspecified atom stereocenters. The number of carbonyl (C=O) groups is 3. The zero-order chi connectivity index (χ0) is 17.3. The Morgan fingerprint density at radius 2 is 1.60 bits per heavy atom. The van der Waals surface area contributed by atoms with Gasteiger partial charge in [0.2, 0.25) is 11.8 Å². The molecule has 3 N–H and O–H groups in total. The predicted molar refractivity (Wildman–Crippen MR) is 99.4 cm³/mol. The molecule has 2 rings (SSSR count). The van der Waals surface area contributed by atoms with Gasteiger partial charge in [-0.05, 0) is 40.2 Å². The molecule has 0 bridgehead atoms. The number of rotatable bonds is 0. The molecule has 2 saturated heterocycles. The molecular formula is C17H36N4O4. The van der Waals surface area contributed by atoms with E-state index >= 15 is 0 Å². The highest BCUT2D eigenvalue weighted by molar-refractivity contribution is 5.82. The molecule has 0 aromatic rings. The van der Waals surface area contributed by atoms with Crippen LogP contribution in [0.25, 0.3) is 0 Å². The molecule has 3 amide bonds. The Morgan fingerprint density at radius 1 is 1.00 bits per heavy atom. The van der Waals surface area contributed by atoms with Crippen molar-refractivity contribution in [3.63, 3.8) is 0 Å². The zero-order valence-electron chi connectivity index (χ0n) is 14.2. The van der Waals surface area contributed by atoms with Crippen molar-refractivity contribution < 1.29 is 19.1 Å². The number of amides is 3. The lowest BCUT2D eigenvalue weighted by Crippen LogP contribution is -2.40. The minimum atomic E-state index is -0.514. The second-order valence-corrected chi connectivity index (χ2v) is 6.49. The van der Waals surface area contributed by atoms with E-state index in [9.17, 15) is 14.4 Å². The van der Waals surface area contributed by atoms with Gasteiger partial charge in [-0.1, -0.05) is 14.9 Å². The van der Waals surface area contributed by atoms with Gasteiger partial charge < -0.3 is 20.7 Å². The van der Waals surface area contributed by atoms with E-state index in [4.69, 9.17) is 4.74 Å². The third-order valence-electron chi connectivity index (χ3n) is 3.05. The molecule has 0 saturated carbocycles. The van der Waals surface area contributed by atoms with Crippen LogP contribution in [0.1, 0.15) is 48.5 Å². The molecule has 0 radical (unpaired) electrons. The Morgan fingerprint density at radius 3 is 2.24 bits per heavy atom. The van der Waals surface area contributed by atoms with Gasteiger partial charge in [0.1, 0.15) is 12.1 Å². The van der Waals surface area contributed by atoms with Crippen LogP contribution in [0.2, 0.25) is 0 Å². The Hall–Kier alpha value is -1.83. The number of hydrogen-bond donors (Lipinski definition) is 3. The van der Waals surface area contributed by atoms with E-state index in [0.717, 1.165) is 25.9 Å². The van der Waals surface area contributed by atoms with Gasteiger partial charge in [-0.3, -0.25) is 14.5 Å². The number of nitrogens with zero attached hydrogens (tertiary/aromatic N) is 1. The molecule has 25 heavy (non-hydrogen) atoms. The van der Waals surface area contributed by atoms with E-state index < -0.39 is 11.7 Å². The summed E-state index contributed by atoms with van der Waals surface area (Å²) in [6.45, 7) is 8.97. The van der Waals surface area contributed by atoms with Crippen LogP contribution in [0, 0.1) is 0 Å². The van der Waals surface area contributed by atoms with Crippen molar-refractivity contribution in [3.05, 3.63) is 0 Å². The SMILES string of the molecule is C.C.CC(C)(C)OC(=O)N1CCCNC(=O)C1.O=C1CNCCCN1. The van der Waals surface area contributed by atoms with Crippen LogP contribution in [-0.2, 0) is 14.3 Å². The van der Waals surface area contributed by atoms with Gasteiger partial charge in [0, 0.05) is 19.6 Å². The maximum atomic E-state index is 11.6. The minimum absolute atomic E-state index is 0. The fourth-order valence-electron chi connectivity index (χ4n) is 1.99. The smallest absolute Gasteiger partial charge is 0.410 e. The lowest BCUT2D eigenvalue weighted by atomic mass is 10.2. The maximum Gasteiger partial charge on any atom is 0.410 e. The van der Waals surface area contributed by atoms with Crippen molar-refractivity contribution in [2.24, 2.45) is 0 Å². The number of nitrogens with one attached hydrogen (secondary N) is 3. The fraction of sp³-hybridized carbons (Fsp3) is 0.824. The van der Waals surface area contributed by atoms with E-state index in [1.54, 1.807) is 0 Å². The van der Waals surface area contributed by atoms with Crippen LogP contribution in [0.5, 0.6) is 0 Å². The molecule has 0 aromatic carbocycles. The van der Waals surface area contributed by atoms with Crippen LogP contribution in [-0.4, -0.2) is 67.7 Å². The van der Waals surface area contributed by atoms with Crippen LogP contribution < -0.4 is 16.0 Å². The van der Waals surface area contributed by atoms with E-state index in [2.05, 4.69) is 16.0 Å². The monoisotopic (exact) mass is 360 g/mol. The molecule has 2 heterocycles. The van der Waals surface area contributed by atoms with Gasteiger partial charge in [-0.25, -0.2) is 4.79 Å². The largest absolute Gasteiger partial charge is 0.444 e. The molecule has 8 nitrogen and oxygen atoms in total. The summed E-state index contributed by atoms with van der Waals surface area (Å²) in [5.41, 5.74) is -0.514. The van der Waals surface area contributed by atoms with Crippen molar-refractivity contribution in [2.75, 3.05) is 39.3 Å². The summed E-state index contributed by atoms with van der Waals surface area (Å²) in [6.07, 6.45) is 1.40. The molecule has 0 aromatic heterocycles. The first kappa shape index (κ1) is 25.4. The number of carbonyl (C=O) groups excluding carboxylic acids is 3. The molecule has 2 aliphatic rings. The van der Waals surface area contributed by atoms with E-state index in [0.29, 0.717) is 19.6 Å². The minimum Gasteiger partial charge on any atom is -0.444 e. The topological polar surface area (TPSA) is 99.8 Å². The van der Waals surface area contributed by atoms with Crippen molar-refractivity contribution in [1.29, 1.82) is 0 Å². The van der Waals surface area contributed by atoms with Crippen LogP contribution in [0.4, 0.5) is 4.79 Å². The van der Waals surface area contributed by atoms with Gasteiger partial charge in [0.15, 0.2) is 0 Å². The Labute approximate surface area is 152 Å². The van der Waals surface area contributed by atoms with Gasteiger partial charge >= 0.3 is 6.09 Å². The van der Waals surface area contributed by atoms with Crippen molar-refractivity contribution in [3.8, 4) is 0 Å². The third-order valence-corrected chi connectivity index (χ3v) is 3.05. The van der Waals surface area contributed by atoms with Gasteiger partial charge in [0.25, 0.3) is 0 Å². The average molecular weight is 360 g/mol. The summed E-state index contributed by atoms with van der Waals surface area (Å²) < 4.78 is 5.19. The van der Waals surface area contributed by atoms with E-state index in [1.807, 2.05) is 20.8 Å². The van der Waals surface area contributed by atoms with E-state index in [-0.39, 0.29) is 33.2 Å². The standard InChI is InChI=1S/C10H18N2O3.C5H10N2O.2CH4/c1-10(2,3)15-9(14)12-6-4-5-11-8(13)7-12;8-5-4-6-2-1-3-7-5;;/h4-7H2,1-3H3,(H,11,13);6H,1-4H2,(H,7,8);2*1H4. The quantitative estimate of drug-likeness (QED) is 0.601. The maximum absolute atomic E-state index is 11.6. The zero-order valence-corrected chi connectivity index (χ0v) is 14.2. The van der Waals surface area contributed by atoms with Crippen molar-refractivity contribution in [1.82, 2.24) is 20.9 Å². The fourth-order valence-corrected chi connectivity index (χ4v) is 1.99. The summed E-state index contributed by atoms with van der Waals surface area (Å²) in [6, 6.07) is 0. The molecule has 2 fully saturated rings. The summed E-state index contributed by atoms with van der Waals surface area (Å²) in [4.78, 5) is 34.8. The summed E-state index contributed by atoms with van der Waals surface area (Å²) in [7, 11) is 0. The van der Waals surface area contributed by atoms with Crippen LogP contribution in [0.3, 0.4) is 0 Å². The molecule has 8 heteroatoms. The number of hydrogen-bond acceptors (Lipinski definition) is 5. The first-order valence-electron chi connectivity index (χ1n) is 8.00. The van der Waals surface area contributed by atoms with Crippen LogP contribution >= 0.6 is 0 Å². The molecule has 0 aliphatic carbocycles. The third kappa shape index (κ3) is 12.2. The van der Waals surface area contributed by atoms with Gasteiger partial charge in [-0.15, -0.1) is 0 Å². The summed E-state index contributed by atoms with van der Waals surface area (Å²) >= 11 is 0. The second kappa shape index (κ2) is 12.5. The van der Waals surface area contributed by atoms with Crippen molar-refractivity contribution in [2.45, 2.75) is 54.1 Å². The average Bonchev–Trinajstić information content (AvgIpc) is 2.80. The highest BCUT2D eigenvalue weighted by Gasteiger charge is 2.24. The van der Waals surface area contributed by atoms with Gasteiger partial charge in [-0.2, -0.15) is 0 Å². The first-order chi connectivity index (χ1) is 10.8. The lowest BCUT2D eigenvalue weighted by Gasteiger charge is -2.25. The molecule has 0 spiro atoms. The van der Waals surface area contributed by atoms with E-state index in [1.165, 1.54) is 4.90 Å². The Kier molecular flexibility index (Phi) is 12.7. The highest BCUT2D eigenvalue weighted by atomic mass is 16.6. The Balaban J connectivity index is 0. The first-order valence-corrected chi connectivity index (χ1v) is 8.00. The van der Waals surface area contributed by atoms with Crippen molar-refractivity contribution >= 4 is 17.9 Å². The molecule has 0 atom stereocenters. The second-order valence-electron chi connectivity index (χ2n) is 6.49. The summed E-state index contributed by atoms with van der Waals surface area (Å²) in [5, 5.41) is 8.43. The molecular weight excluding hydrogens is 324 g/mol. The Bertz CT molecular complexity index is 411. The highest BCUT2D eigenvalue weighted by Crippen LogP contribution is 2.10. The molecule has 148 valence electrons. The normalized spacial score (nSPS) is 17.8. The molecule has 2 aliphatic heterocycles.